The van der Waals surface area contributed by atoms with Crippen LogP contribution in [0.25, 0.3) is 16.8 Å². The molecule has 1 aromatic heterocycles. The number of benzene rings is 3. The molecule has 1 N–H and O–H groups in total. The molecule has 0 radical (unpaired) electrons. The van der Waals surface area contributed by atoms with E-state index in [-0.39, 0.29) is 11.6 Å². The van der Waals surface area contributed by atoms with Crippen LogP contribution in [-0.2, 0) is 0 Å². The van der Waals surface area contributed by atoms with Crippen molar-refractivity contribution in [1.29, 1.82) is 0 Å². The van der Waals surface area contributed by atoms with E-state index < -0.39 is 0 Å². The summed E-state index contributed by atoms with van der Waals surface area (Å²) in [5.74, 6) is 1.49. The van der Waals surface area contributed by atoms with Crippen molar-refractivity contribution in [2.75, 3.05) is 26.6 Å². The molecule has 0 aliphatic rings. The molecule has 0 spiro atoms. The maximum absolute atomic E-state index is 13.2. The summed E-state index contributed by atoms with van der Waals surface area (Å²) in [6.07, 6.45) is 1.83. The highest BCUT2D eigenvalue weighted by Gasteiger charge is 2.20. The molecule has 1 heterocycles. The molecular weight excluding hydrogens is 406 g/mol. The average Bonchev–Trinajstić information content (AvgIpc) is 3.30. The molecule has 0 aliphatic carbocycles. The van der Waals surface area contributed by atoms with Gasteiger partial charge in [0.2, 0.25) is 0 Å². The molecule has 4 aromatic rings. The van der Waals surface area contributed by atoms with Gasteiger partial charge < -0.3 is 19.5 Å². The number of ether oxygens (including phenoxy) is 3. The molecule has 0 atom stereocenters. The quantitative estimate of drug-likeness (QED) is 0.456. The van der Waals surface area contributed by atoms with Gasteiger partial charge in [-0.1, -0.05) is 30.3 Å². The molecule has 7 nitrogen and oxygen atoms in total. The number of nitrogens with one attached hydrogen (secondary N) is 1. The average molecular weight is 429 g/mol. The zero-order valence-corrected chi connectivity index (χ0v) is 18.0. The third-order valence-electron chi connectivity index (χ3n) is 4.97. The Morgan fingerprint density at radius 2 is 1.62 bits per heavy atom. The number of rotatable bonds is 7. The number of amides is 1. The first-order chi connectivity index (χ1) is 15.6. The first-order valence-corrected chi connectivity index (χ1v) is 9.96. The van der Waals surface area contributed by atoms with Gasteiger partial charge >= 0.3 is 0 Å². The molecule has 0 aliphatic heterocycles. The fourth-order valence-electron chi connectivity index (χ4n) is 3.36. The van der Waals surface area contributed by atoms with E-state index in [0.717, 1.165) is 11.3 Å². The number of carbonyl (C=O) groups excluding carboxylic acids is 1. The molecule has 0 saturated carbocycles. The normalized spacial score (nSPS) is 10.5. The van der Waals surface area contributed by atoms with Crippen LogP contribution in [0.5, 0.6) is 17.2 Å². The van der Waals surface area contributed by atoms with Crippen molar-refractivity contribution in [3.8, 4) is 34.1 Å². The molecular formula is C25H23N3O4. The lowest BCUT2D eigenvalue weighted by Gasteiger charge is -2.10. The van der Waals surface area contributed by atoms with Crippen LogP contribution in [0.1, 0.15) is 10.5 Å². The van der Waals surface area contributed by atoms with Crippen molar-refractivity contribution in [2.45, 2.75) is 0 Å². The van der Waals surface area contributed by atoms with E-state index in [2.05, 4.69) is 10.4 Å². The van der Waals surface area contributed by atoms with Crippen molar-refractivity contribution in [2.24, 2.45) is 0 Å². The van der Waals surface area contributed by atoms with Gasteiger partial charge in [0, 0.05) is 23.5 Å². The van der Waals surface area contributed by atoms with Crippen LogP contribution >= 0.6 is 0 Å². The lowest BCUT2D eigenvalue weighted by molar-refractivity contribution is 0.102. The van der Waals surface area contributed by atoms with Crippen molar-refractivity contribution >= 4 is 11.6 Å². The van der Waals surface area contributed by atoms with Crippen molar-refractivity contribution in [1.82, 2.24) is 9.78 Å². The summed E-state index contributed by atoms with van der Waals surface area (Å²) in [5, 5.41) is 7.50. The molecule has 4 rings (SSSR count). The number of para-hydroxylation sites is 1. The summed E-state index contributed by atoms with van der Waals surface area (Å²) in [4.78, 5) is 13.2. The lowest BCUT2D eigenvalue weighted by atomic mass is 10.1. The van der Waals surface area contributed by atoms with Crippen molar-refractivity contribution in [3.05, 3.63) is 84.7 Å². The van der Waals surface area contributed by atoms with Crippen LogP contribution in [0, 0.1) is 0 Å². The number of hydrogen-bond acceptors (Lipinski definition) is 5. The Morgan fingerprint density at radius 3 is 2.34 bits per heavy atom. The van der Waals surface area contributed by atoms with Gasteiger partial charge in [0.15, 0.2) is 17.2 Å². The van der Waals surface area contributed by atoms with Gasteiger partial charge in [0.1, 0.15) is 5.75 Å². The van der Waals surface area contributed by atoms with Crippen LogP contribution in [0.2, 0.25) is 0 Å². The summed E-state index contributed by atoms with van der Waals surface area (Å²) in [5.41, 5.74) is 3.18. The molecule has 0 fully saturated rings. The second-order valence-electron chi connectivity index (χ2n) is 6.93. The molecule has 7 heteroatoms. The Hall–Kier alpha value is -4.26. The standard InChI is InChI=1S/C25H23N3O4/c1-30-20-11-7-8-18(15-20)26-25(29)24-21(16-28(27-24)19-9-5-4-6-10-19)17-12-13-22(31-2)23(14-17)32-3/h4-16H,1-3H3,(H,26,29). The predicted octanol–water partition coefficient (Wildman–Crippen LogP) is 4.82. The van der Waals surface area contributed by atoms with E-state index >= 15 is 0 Å². The molecule has 3 aromatic carbocycles. The Kier molecular flexibility index (Phi) is 6.07. The minimum Gasteiger partial charge on any atom is -0.497 e. The summed E-state index contributed by atoms with van der Waals surface area (Å²) in [6, 6.07) is 22.3. The van der Waals surface area contributed by atoms with E-state index in [4.69, 9.17) is 14.2 Å². The molecule has 1 amide bonds. The number of aromatic nitrogens is 2. The molecule has 0 bridgehead atoms. The van der Waals surface area contributed by atoms with Crippen LogP contribution in [0.3, 0.4) is 0 Å². The van der Waals surface area contributed by atoms with E-state index in [1.807, 2.05) is 60.8 Å². The summed E-state index contributed by atoms with van der Waals surface area (Å²) in [6.45, 7) is 0. The summed E-state index contributed by atoms with van der Waals surface area (Å²) >= 11 is 0. The lowest BCUT2D eigenvalue weighted by Crippen LogP contribution is -2.14. The Morgan fingerprint density at radius 1 is 0.844 bits per heavy atom. The Labute approximate surface area is 186 Å². The highest BCUT2D eigenvalue weighted by molar-refractivity contribution is 6.07. The maximum Gasteiger partial charge on any atom is 0.276 e. The Bertz CT molecular complexity index is 1240. The molecule has 32 heavy (non-hydrogen) atoms. The monoisotopic (exact) mass is 429 g/mol. The largest absolute Gasteiger partial charge is 0.497 e. The number of methoxy groups -OCH3 is 3. The van der Waals surface area contributed by atoms with Crippen molar-refractivity contribution < 1.29 is 19.0 Å². The van der Waals surface area contributed by atoms with Gasteiger partial charge in [-0.3, -0.25) is 4.79 Å². The molecule has 0 saturated heterocycles. The maximum atomic E-state index is 13.2. The Balaban J connectivity index is 1.78. The van der Waals surface area contributed by atoms with Gasteiger partial charge in [0.05, 0.1) is 27.0 Å². The van der Waals surface area contributed by atoms with E-state index in [1.165, 1.54) is 0 Å². The summed E-state index contributed by atoms with van der Waals surface area (Å²) in [7, 11) is 4.74. The van der Waals surface area contributed by atoms with Crippen LogP contribution < -0.4 is 19.5 Å². The minimum atomic E-state index is -0.335. The number of carbonyl (C=O) groups is 1. The van der Waals surface area contributed by atoms with E-state index in [1.54, 1.807) is 44.2 Å². The zero-order valence-electron chi connectivity index (χ0n) is 18.0. The highest BCUT2D eigenvalue weighted by atomic mass is 16.5. The second kappa shape index (κ2) is 9.26. The van der Waals surface area contributed by atoms with Crippen LogP contribution in [0.15, 0.2) is 79.0 Å². The highest BCUT2D eigenvalue weighted by Crippen LogP contribution is 2.34. The van der Waals surface area contributed by atoms with Gasteiger partial charge in [-0.25, -0.2) is 4.68 Å². The fourth-order valence-corrected chi connectivity index (χ4v) is 3.36. The molecule has 0 unspecified atom stereocenters. The number of hydrogen-bond donors (Lipinski definition) is 1. The van der Waals surface area contributed by atoms with E-state index in [9.17, 15) is 4.79 Å². The van der Waals surface area contributed by atoms with Gasteiger partial charge in [-0.15, -0.1) is 0 Å². The minimum absolute atomic E-state index is 0.281. The predicted molar refractivity (Wildman–Crippen MR) is 123 cm³/mol. The fraction of sp³-hybridized carbons (Fsp3) is 0.120. The van der Waals surface area contributed by atoms with Gasteiger partial charge in [0.25, 0.3) is 5.91 Å². The van der Waals surface area contributed by atoms with Gasteiger partial charge in [-0.05, 0) is 42.0 Å². The third kappa shape index (κ3) is 4.27. The van der Waals surface area contributed by atoms with Crippen LogP contribution in [-0.4, -0.2) is 37.0 Å². The second-order valence-corrected chi connectivity index (χ2v) is 6.93. The zero-order chi connectivity index (χ0) is 22.5. The van der Waals surface area contributed by atoms with E-state index in [0.29, 0.717) is 28.5 Å². The van der Waals surface area contributed by atoms with Gasteiger partial charge in [-0.2, -0.15) is 5.10 Å². The number of anilines is 1. The first kappa shape index (κ1) is 21.0. The topological polar surface area (TPSA) is 74.6 Å². The SMILES string of the molecule is COc1cccc(NC(=O)c2nn(-c3ccccc3)cc2-c2ccc(OC)c(OC)c2)c1. The molecule has 162 valence electrons. The smallest absolute Gasteiger partial charge is 0.276 e. The van der Waals surface area contributed by atoms with Crippen molar-refractivity contribution in [3.63, 3.8) is 0 Å². The first-order valence-electron chi connectivity index (χ1n) is 9.96. The summed E-state index contributed by atoms with van der Waals surface area (Å²) < 4.78 is 17.7. The third-order valence-corrected chi connectivity index (χ3v) is 4.97. The van der Waals surface area contributed by atoms with Crippen LogP contribution in [0.4, 0.5) is 5.69 Å². The number of nitrogens with zero attached hydrogens (tertiary/aromatic N) is 2.